The minimum atomic E-state index is 0.242. The fraction of sp³-hybridized carbons (Fsp3) is 0.941. The van der Waals surface area contributed by atoms with Gasteiger partial charge in [0.1, 0.15) is 0 Å². The molecule has 0 saturated carbocycles. The van der Waals surface area contributed by atoms with Crippen molar-refractivity contribution in [3.05, 3.63) is 0 Å². The van der Waals surface area contributed by atoms with Crippen LogP contribution in [0.15, 0.2) is 0 Å². The number of hydrogen-bond acceptors (Lipinski definition) is 3. The third-order valence-electron chi connectivity index (χ3n) is 5.19. The summed E-state index contributed by atoms with van der Waals surface area (Å²) in [5.41, 5.74) is 0. The van der Waals surface area contributed by atoms with Crippen molar-refractivity contribution in [2.75, 3.05) is 39.3 Å². The topological polar surface area (TPSA) is 44.4 Å². The van der Waals surface area contributed by atoms with Crippen molar-refractivity contribution >= 4 is 5.91 Å². The third kappa shape index (κ3) is 5.95. The second kappa shape index (κ2) is 8.74. The van der Waals surface area contributed by atoms with Crippen LogP contribution in [0.3, 0.4) is 0 Å². The molecule has 2 heterocycles. The SMILES string of the molecule is CC1CCCN(CCNC(=O)CC(C)C2CCNCC2)C1. The minimum Gasteiger partial charge on any atom is -0.355 e. The molecule has 21 heavy (non-hydrogen) atoms. The van der Waals surface area contributed by atoms with Gasteiger partial charge in [-0.2, -0.15) is 0 Å². The quantitative estimate of drug-likeness (QED) is 0.786. The Bertz CT molecular complexity index is 315. The largest absolute Gasteiger partial charge is 0.355 e. The molecule has 2 unspecified atom stereocenters. The molecule has 2 aliphatic rings. The van der Waals surface area contributed by atoms with Crippen LogP contribution >= 0.6 is 0 Å². The summed E-state index contributed by atoms with van der Waals surface area (Å²) in [6.45, 7) is 11.0. The highest BCUT2D eigenvalue weighted by molar-refractivity contribution is 5.76. The molecule has 4 nitrogen and oxygen atoms in total. The summed E-state index contributed by atoms with van der Waals surface area (Å²) >= 11 is 0. The first-order valence-electron chi connectivity index (χ1n) is 8.85. The maximum Gasteiger partial charge on any atom is 0.220 e. The van der Waals surface area contributed by atoms with Crippen molar-refractivity contribution in [1.82, 2.24) is 15.5 Å². The lowest BCUT2D eigenvalue weighted by molar-refractivity contribution is -0.122. The summed E-state index contributed by atoms with van der Waals surface area (Å²) in [6, 6.07) is 0. The Morgan fingerprint density at radius 2 is 2.10 bits per heavy atom. The molecule has 0 aromatic carbocycles. The normalized spacial score (nSPS) is 26.5. The van der Waals surface area contributed by atoms with Crippen LogP contribution in [-0.4, -0.2) is 50.1 Å². The molecule has 0 aliphatic carbocycles. The lowest BCUT2D eigenvalue weighted by Gasteiger charge is -2.31. The molecule has 2 aliphatic heterocycles. The third-order valence-corrected chi connectivity index (χ3v) is 5.19. The fourth-order valence-corrected chi connectivity index (χ4v) is 3.79. The zero-order chi connectivity index (χ0) is 15.1. The molecule has 2 atom stereocenters. The van der Waals surface area contributed by atoms with Gasteiger partial charge in [0.15, 0.2) is 0 Å². The summed E-state index contributed by atoms with van der Waals surface area (Å²) in [5.74, 6) is 2.29. The monoisotopic (exact) mass is 295 g/mol. The second-order valence-corrected chi connectivity index (χ2v) is 7.17. The molecule has 1 amide bonds. The number of carbonyl (C=O) groups excluding carboxylic acids is 1. The van der Waals surface area contributed by atoms with Crippen LogP contribution in [-0.2, 0) is 4.79 Å². The molecule has 122 valence electrons. The Hall–Kier alpha value is -0.610. The lowest BCUT2D eigenvalue weighted by atomic mass is 9.84. The van der Waals surface area contributed by atoms with Crippen molar-refractivity contribution in [3.63, 3.8) is 0 Å². The van der Waals surface area contributed by atoms with E-state index in [0.717, 1.165) is 38.0 Å². The van der Waals surface area contributed by atoms with E-state index in [2.05, 4.69) is 29.4 Å². The first-order valence-corrected chi connectivity index (χ1v) is 8.85. The zero-order valence-corrected chi connectivity index (χ0v) is 13.9. The number of carbonyl (C=O) groups is 1. The molecule has 0 spiro atoms. The van der Waals surface area contributed by atoms with Crippen LogP contribution in [0.4, 0.5) is 0 Å². The van der Waals surface area contributed by atoms with Gasteiger partial charge < -0.3 is 15.5 Å². The van der Waals surface area contributed by atoms with Gasteiger partial charge in [0.2, 0.25) is 5.91 Å². The molecule has 4 heteroatoms. The van der Waals surface area contributed by atoms with Crippen molar-refractivity contribution in [1.29, 1.82) is 0 Å². The van der Waals surface area contributed by atoms with Crippen LogP contribution in [0.1, 0.15) is 46.0 Å². The van der Waals surface area contributed by atoms with E-state index in [-0.39, 0.29) is 5.91 Å². The molecule has 0 radical (unpaired) electrons. The van der Waals surface area contributed by atoms with Crippen LogP contribution < -0.4 is 10.6 Å². The zero-order valence-electron chi connectivity index (χ0n) is 13.9. The van der Waals surface area contributed by atoms with Gasteiger partial charge in [-0.05, 0) is 63.1 Å². The number of rotatable bonds is 6. The highest BCUT2D eigenvalue weighted by Crippen LogP contribution is 2.24. The summed E-state index contributed by atoms with van der Waals surface area (Å²) in [7, 11) is 0. The Kier molecular flexibility index (Phi) is 6.97. The molecule has 0 aromatic rings. The fourth-order valence-electron chi connectivity index (χ4n) is 3.79. The Morgan fingerprint density at radius 3 is 2.81 bits per heavy atom. The summed E-state index contributed by atoms with van der Waals surface area (Å²) < 4.78 is 0. The van der Waals surface area contributed by atoms with Crippen LogP contribution in [0.25, 0.3) is 0 Å². The number of nitrogens with zero attached hydrogens (tertiary/aromatic N) is 1. The van der Waals surface area contributed by atoms with Gasteiger partial charge in [0, 0.05) is 26.1 Å². The average molecular weight is 295 g/mol. The average Bonchev–Trinajstić information content (AvgIpc) is 2.48. The van der Waals surface area contributed by atoms with E-state index >= 15 is 0 Å². The van der Waals surface area contributed by atoms with Crippen molar-refractivity contribution < 1.29 is 4.79 Å². The second-order valence-electron chi connectivity index (χ2n) is 7.17. The van der Waals surface area contributed by atoms with E-state index in [4.69, 9.17) is 0 Å². The molecular formula is C17H33N3O. The molecule has 0 bridgehead atoms. The van der Waals surface area contributed by atoms with Crippen LogP contribution in [0.2, 0.25) is 0 Å². The minimum absolute atomic E-state index is 0.242. The van der Waals surface area contributed by atoms with Gasteiger partial charge in [-0.25, -0.2) is 0 Å². The maximum absolute atomic E-state index is 12.1. The lowest BCUT2D eigenvalue weighted by Crippen LogP contribution is -2.40. The van der Waals surface area contributed by atoms with Crippen molar-refractivity contribution in [2.24, 2.45) is 17.8 Å². The van der Waals surface area contributed by atoms with Crippen LogP contribution in [0.5, 0.6) is 0 Å². The van der Waals surface area contributed by atoms with E-state index in [1.165, 1.54) is 38.8 Å². The van der Waals surface area contributed by atoms with Crippen LogP contribution in [0, 0.1) is 17.8 Å². The summed E-state index contributed by atoms with van der Waals surface area (Å²) in [6.07, 6.45) is 5.81. The van der Waals surface area contributed by atoms with Gasteiger partial charge in [-0.3, -0.25) is 4.79 Å². The van der Waals surface area contributed by atoms with E-state index in [1.807, 2.05) is 0 Å². The first kappa shape index (κ1) is 16.8. The predicted octanol–water partition coefficient (Wildman–Crippen LogP) is 1.86. The Morgan fingerprint density at radius 1 is 1.33 bits per heavy atom. The number of piperidine rings is 2. The molecule has 2 fully saturated rings. The standard InChI is InChI=1S/C17H33N3O/c1-14-4-3-10-20(13-14)11-9-19-17(21)12-15(2)16-5-7-18-8-6-16/h14-16,18H,3-13H2,1-2H3,(H,19,21). The molecule has 0 aromatic heterocycles. The number of hydrogen-bond donors (Lipinski definition) is 2. The van der Waals surface area contributed by atoms with Gasteiger partial charge in [-0.1, -0.05) is 13.8 Å². The molecule has 2 N–H and O–H groups in total. The van der Waals surface area contributed by atoms with E-state index < -0.39 is 0 Å². The van der Waals surface area contributed by atoms with Gasteiger partial charge in [-0.15, -0.1) is 0 Å². The molecule has 2 rings (SSSR count). The van der Waals surface area contributed by atoms with Crippen molar-refractivity contribution in [3.8, 4) is 0 Å². The van der Waals surface area contributed by atoms with Gasteiger partial charge in [0.25, 0.3) is 0 Å². The summed E-state index contributed by atoms with van der Waals surface area (Å²) in [5, 5.41) is 6.51. The van der Waals surface area contributed by atoms with E-state index in [9.17, 15) is 4.79 Å². The highest BCUT2D eigenvalue weighted by Gasteiger charge is 2.22. The molecule has 2 saturated heterocycles. The molecular weight excluding hydrogens is 262 g/mol. The Labute approximate surface area is 130 Å². The van der Waals surface area contributed by atoms with Gasteiger partial charge >= 0.3 is 0 Å². The smallest absolute Gasteiger partial charge is 0.220 e. The maximum atomic E-state index is 12.1. The van der Waals surface area contributed by atoms with E-state index in [1.54, 1.807) is 0 Å². The van der Waals surface area contributed by atoms with Gasteiger partial charge in [0.05, 0.1) is 0 Å². The predicted molar refractivity (Wildman–Crippen MR) is 87.2 cm³/mol. The number of amides is 1. The Balaban J connectivity index is 1.58. The van der Waals surface area contributed by atoms with Crippen molar-refractivity contribution in [2.45, 2.75) is 46.0 Å². The first-order chi connectivity index (χ1) is 10.1. The number of likely N-dealkylation sites (tertiary alicyclic amines) is 1. The summed E-state index contributed by atoms with van der Waals surface area (Å²) in [4.78, 5) is 14.5. The van der Waals surface area contributed by atoms with E-state index in [0.29, 0.717) is 12.3 Å². The number of nitrogens with one attached hydrogen (secondary N) is 2. The highest BCUT2D eigenvalue weighted by atomic mass is 16.1.